The predicted octanol–water partition coefficient (Wildman–Crippen LogP) is 4.21. The topological polar surface area (TPSA) is 87.5 Å². The SMILES string of the molecule is CC(C)CCN(CC(=O)Nc1ccon1)C(=O)Nc1ccccc1C(F)(F)F. The van der Waals surface area contributed by atoms with Gasteiger partial charge in [-0.15, -0.1) is 0 Å². The lowest BCUT2D eigenvalue weighted by Gasteiger charge is -2.24. The average Bonchev–Trinajstić information content (AvgIpc) is 3.10. The fourth-order valence-corrected chi connectivity index (χ4v) is 2.33. The highest BCUT2D eigenvalue weighted by atomic mass is 19.4. The molecule has 0 aliphatic rings. The Hall–Kier alpha value is -3.04. The van der Waals surface area contributed by atoms with Crippen LogP contribution in [-0.4, -0.2) is 35.1 Å². The molecule has 0 aliphatic carbocycles. The van der Waals surface area contributed by atoms with Crippen LogP contribution >= 0.6 is 0 Å². The van der Waals surface area contributed by atoms with Crippen molar-refractivity contribution in [3.8, 4) is 0 Å². The monoisotopic (exact) mass is 398 g/mol. The first kappa shape index (κ1) is 21.3. The van der Waals surface area contributed by atoms with Crippen LogP contribution in [-0.2, 0) is 11.0 Å². The Morgan fingerprint density at radius 3 is 2.50 bits per heavy atom. The van der Waals surface area contributed by atoms with Gasteiger partial charge in [0.25, 0.3) is 0 Å². The number of amides is 3. The van der Waals surface area contributed by atoms with Gasteiger partial charge in [-0.2, -0.15) is 13.2 Å². The van der Waals surface area contributed by atoms with Crippen molar-refractivity contribution in [1.82, 2.24) is 10.1 Å². The standard InChI is InChI=1S/C18H21F3N4O3/c1-12(2)7-9-25(11-16(26)23-15-8-10-28-24-15)17(27)22-14-6-4-3-5-13(14)18(19,20)21/h3-6,8,10,12H,7,9,11H2,1-2H3,(H,22,27)(H,23,24,26). The van der Waals surface area contributed by atoms with Gasteiger partial charge in [-0.05, 0) is 24.5 Å². The Morgan fingerprint density at radius 2 is 1.89 bits per heavy atom. The van der Waals surface area contributed by atoms with E-state index >= 15 is 0 Å². The second kappa shape index (κ2) is 9.25. The summed E-state index contributed by atoms with van der Waals surface area (Å²) in [5.41, 5.74) is -1.33. The van der Waals surface area contributed by atoms with E-state index in [-0.39, 0.29) is 30.5 Å². The highest BCUT2D eigenvalue weighted by molar-refractivity contribution is 5.96. The number of aromatic nitrogens is 1. The van der Waals surface area contributed by atoms with Gasteiger partial charge in [0, 0.05) is 12.6 Å². The number of alkyl halides is 3. The van der Waals surface area contributed by atoms with E-state index in [1.165, 1.54) is 24.5 Å². The molecule has 2 N–H and O–H groups in total. The molecule has 0 atom stereocenters. The van der Waals surface area contributed by atoms with Gasteiger partial charge in [-0.1, -0.05) is 31.1 Å². The molecule has 0 unspecified atom stereocenters. The maximum atomic E-state index is 13.1. The summed E-state index contributed by atoms with van der Waals surface area (Å²) in [6.45, 7) is 3.72. The lowest BCUT2D eigenvalue weighted by molar-refractivity contribution is -0.137. The Morgan fingerprint density at radius 1 is 1.18 bits per heavy atom. The van der Waals surface area contributed by atoms with Gasteiger partial charge in [0.15, 0.2) is 5.82 Å². The van der Waals surface area contributed by atoms with Crippen LogP contribution in [0.2, 0.25) is 0 Å². The molecule has 0 fully saturated rings. The van der Waals surface area contributed by atoms with Gasteiger partial charge >= 0.3 is 12.2 Å². The molecular weight excluding hydrogens is 377 g/mol. The maximum Gasteiger partial charge on any atom is 0.418 e. The number of urea groups is 1. The van der Waals surface area contributed by atoms with Crippen molar-refractivity contribution in [2.75, 3.05) is 23.7 Å². The fourth-order valence-electron chi connectivity index (χ4n) is 2.33. The Kier molecular flexibility index (Phi) is 7.02. The molecule has 3 amide bonds. The first-order valence-electron chi connectivity index (χ1n) is 8.59. The van der Waals surface area contributed by atoms with Gasteiger partial charge in [-0.3, -0.25) is 4.79 Å². The molecule has 1 heterocycles. The van der Waals surface area contributed by atoms with Gasteiger partial charge in [-0.25, -0.2) is 4.79 Å². The number of rotatable bonds is 7. The van der Waals surface area contributed by atoms with E-state index in [2.05, 4.69) is 20.3 Å². The molecule has 28 heavy (non-hydrogen) atoms. The summed E-state index contributed by atoms with van der Waals surface area (Å²) in [7, 11) is 0. The van der Waals surface area contributed by atoms with Crippen molar-refractivity contribution in [2.24, 2.45) is 5.92 Å². The van der Waals surface area contributed by atoms with E-state index < -0.39 is 23.7 Å². The van der Waals surface area contributed by atoms with Crippen molar-refractivity contribution in [1.29, 1.82) is 0 Å². The minimum absolute atomic E-state index is 0.177. The van der Waals surface area contributed by atoms with Crippen molar-refractivity contribution in [2.45, 2.75) is 26.4 Å². The number of halogens is 3. The largest absolute Gasteiger partial charge is 0.418 e. The quantitative estimate of drug-likeness (QED) is 0.731. The van der Waals surface area contributed by atoms with E-state index in [1.807, 2.05) is 13.8 Å². The third-order valence-corrected chi connectivity index (χ3v) is 3.78. The van der Waals surface area contributed by atoms with Gasteiger partial charge in [0.05, 0.1) is 11.3 Å². The summed E-state index contributed by atoms with van der Waals surface area (Å²) in [4.78, 5) is 25.9. The van der Waals surface area contributed by atoms with Crippen LogP contribution in [0.15, 0.2) is 41.1 Å². The fraction of sp³-hybridized carbons (Fsp3) is 0.389. The zero-order valence-electron chi connectivity index (χ0n) is 15.4. The first-order chi connectivity index (χ1) is 13.2. The predicted molar refractivity (Wildman–Crippen MR) is 96.6 cm³/mol. The first-order valence-corrected chi connectivity index (χ1v) is 8.59. The molecule has 1 aromatic carbocycles. The van der Waals surface area contributed by atoms with Crippen molar-refractivity contribution < 1.29 is 27.3 Å². The molecule has 7 nitrogen and oxygen atoms in total. The lowest BCUT2D eigenvalue weighted by atomic mass is 10.1. The average molecular weight is 398 g/mol. The normalized spacial score (nSPS) is 11.4. The Bertz CT molecular complexity index is 792. The molecule has 0 saturated carbocycles. The summed E-state index contributed by atoms with van der Waals surface area (Å²) in [5, 5.41) is 8.24. The van der Waals surface area contributed by atoms with Crippen molar-refractivity contribution in [3.05, 3.63) is 42.2 Å². The van der Waals surface area contributed by atoms with Crippen LogP contribution in [0.25, 0.3) is 0 Å². The smallest absolute Gasteiger partial charge is 0.363 e. The summed E-state index contributed by atoms with van der Waals surface area (Å²) < 4.78 is 44.0. The number of carbonyl (C=O) groups excluding carboxylic acids is 2. The Balaban J connectivity index is 2.12. The van der Waals surface area contributed by atoms with Crippen LogP contribution < -0.4 is 10.6 Å². The zero-order chi connectivity index (χ0) is 20.7. The van der Waals surface area contributed by atoms with E-state index in [1.54, 1.807) is 0 Å². The van der Waals surface area contributed by atoms with Gasteiger partial charge < -0.3 is 20.1 Å². The van der Waals surface area contributed by atoms with E-state index in [9.17, 15) is 22.8 Å². The van der Waals surface area contributed by atoms with E-state index in [0.717, 1.165) is 17.0 Å². The summed E-state index contributed by atoms with van der Waals surface area (Å²) in [6.07, 6.45) is -2.77. The molecule has 0 aliphatic heterocycles. The number of hydrogen-bond donors (Lipinski definition) is 2. The minimum Gasteiger partial charge on any atom is -0.363 e. The Labute approximate surface area is 159 Å². The molecule has 152 valence electrons. The van der Waals surface area contributed by atoms with Crippen molar-refractivity contribution >= 4 is 23.4 Å². The third-order valence-electron chi connectivity index (χ3n) is 3.78. The lowest BCUT2D eigenvalue weighted by Crippen LogP contribution is -2.41. The zero-order valence-corrected chi connectivity index (χ0v) is 15.4. The van der Waals surface area contributed by atoms with Crippen LogP contribution in [0, 0.1) is 5.92 Å². The summed E-state index contributed by atoms with van der Waals surface area (Å²) >= 11 is 0. The maximum absolute atomic E-state index is 13.1. The number of para-hydroxylation sites is 1. The molecular formula is C18H21F3N4O3. The second-order valence-electron chi connectivity index (χ2n) is 6.51. The van der Waals surface area contributed by atoms with Crippen LogP contribution in [0.3, 0.4) is 0 Å². The van der Waals surface area contributed by atoms with Gasteiger partial charge in [0.2, 0.25) is 5.91 Å². The number of anilines is 2. The molecule has 0 saturated heterocycles. The molecule has 2 rings (SSSR count). The second-order valence-corrected chi connectivity index (χ2v) is 6.51. The number of carbonyl (C=O) groups is 2. The molecule has 10 heteroatoms. The molecule has 0 spiro atoms. The molecule has 1 aromatic heterocycles. The van der Waals surface area contributed by atoms with Gasteiger partial charge in [0.1, 0.15) is 12.8 Å². The number of nitrogens with one attached hydrogen (secondary N) is 2. The summed E-state index contributed by atoms with van der Waals surface area (Å²) in [5.74, 6) is -0.134. The minimum atomic E-state index is -4.61. The summed E-state index contributed by atoms with van der Waals surface area (Å²) in [6, 6.07) is 5.30. The van der Waals surface area contributed by atoms with Crippen molar-refractivity contribution in [3.63, 3.8) is 0 Å². The van der Waals surface area contributed by atoms with E-state index in [0.29, 0.717) is 6.42 Å². The van der Waals surface area contributed by atoms with Crippen LogP contribution in [0.4, 0.5) is 29.5 Å². The highest BCUT2D eigenvalue weighted by Crippen LogP contribution is 2.34. The van der Waals surface area contributed by atoms with Crippen LogP contribution in [0.5, 0.6) is 0 Å². The van der Waals surface area contributed by atoms with E-state index in [4.69, 9.17) is 0 Å². The third kappa shape index (κ3) is 6.29. The highest BCUT2D eigenvalue weighted by Gasteiger charge is 2.34. The number of benzene rings is 1. The number of nitrogens with zero attached hydrogens (tertiary/aromatic N) is 2. The number of hydrogen-bond acceptors (Lipinski definition) is 4. The molecule has 2 aromatic rings. The van der Waals surface area contributed by atoms with Crippen LogP contribution in [0.1, 0.15) is 25.8 Å². The molecule has 0 bridgehead atoms. The molecule has 0 radical (unpaired) electrons.